The molecule has 1 amide bonds. The fraction of sp³-hybridized carbons (Fsp3) is 0.211. The molecule has 3 rings (SSSR count). The molecule has 0 spiro atoms. The number of methoxy groups -OCH3 is 1. The maximum Gasteiger partial charge on any atom is 0.416 e. The van der Waals surface area contributed by atoms with Crippen LogP contribution in [0.5, 0.6) is 5.75 Å². The van der Waals surface area contributed by atoms with Crippen molar-refractivity contribution in [3.8, 4) is 5.75 Å². The number of carbonyl (C=O) groups is 1. The number of H-pyrrole nitrogens is 1. The molecule has 0 aliphatic heterocycles. The predicted octanol–water partition coefficient (Wildman–Crippen LogP) is 4.46. The minimum Gasteiger partial charge on any atom is -0.489 e. The van der Waals surface area contributed by atoms with Crippen molar-refractivity contribution < 1.29 is 27.4 Å². The Balaban J connectivity index is 1.88. The molecule has 1 aromatic heterocycles. The van der Waals surface area contributed by atoms with Crippen LogP contribution in [-0.4, -0.2) is 31.2 Å². The van der Waals surface area contributed by atoms with E-state index in [0.29, 0.717) is 0 Å². The third-order valence-electron chi connectivity index (χ3n) is 3.87. The highest BCUT2D eigenvalue weighted by Gasteiger charge is 2.31. The van der Waals surface area contributed by atoms with Crippen molar-refractivity contribution in [2.75, 3.05) is 25.6 Å². The van der Waals surface area contributed by atoms with Crippen LogP contribution in [-0.2, 0) is 10.9 Å². The lowest BCUT2D eigenvalue weighted by Gasteiger charge is -2.15. The number of halogens is 3. The number of benzene rings is 2. The van der Waals surface area contributed by atoms with Gasteiger partial charge in [-0.1, -0.05) is 18.2 Å². The number of aromatic amines is 1. The fourth-order valence-electron chi connectivity index (χ4n) is 2.55. The number of amides is 1. The van der Waals surface area contributed by atoms with Crippen molar-refractivity contribution in [3.63, 3.8) is 0 Å². The number of nitrogens with one attached hydrogen (secondary N) is 2. The zero-order valence-corrected chi connectivity index (χ0v) is 14.4. The molecular weight excluding hydrogens is 361 g/mol. The molecule has 2 N–H and O–H groups in total. The molecule has 0 fully saturated rings. The van der Waals surface area contributed by atoms with Gasteiger partial charge >= 0.3 is 6.18 Å². The Kier molecular flexibility index (Phi) is 5.36. The van der Waals surface area contributed by atoms with E-state index in [0.717, 1.165) is 23.0 Å². The molecule has 0 saturated carbocycles. The van der Waals surface area contributed by atoms with E-state index in [4.69, 9.17) is 9.47 Å². The van der Waals surface area contributed by atoms with E-state index in [1.807, 2.05) is 18.2 Å². The first-order valence-corrected chi connectivity index (χ1v) is 8.10. The lowest BCUT2D eigenvalue weighted by molar-refractivity contribution is -0.137. The van der Waals surface area contributed by atoms with E-state index in [9.17, 15) is 18.0 Å². The lowest BCUT2D eigenvalue weighted by Crippen LogP contribution is -2.15. The number of fused-ring (bicyclic) bond motifs is 1. The number of anilines is 1. The lowest BCUT2D eigenvalue weighted by atomic mass is 10.1. The molecule has 5 nitrogen and oxygen atoms in total. The number of hydrogen-bond acceptors (Lipinski definition) is 3. The molecule has 0 bridgehead atoms. The highest BCUT2D eigenvalue weighted by atomic mass is 19.4. The average molecular weight is 378 g/mol. The highest BCUT2D eigenvalue weighted by Crippen LogP contribution is 2.35. The van der Waals surface area contributed by atoms with Gasteiger partial charge in [0.2, 0.25) is 0 Å². The molecule has 3 aromatic rings. The molecule has 27 heavy (non-hydrogen) atoms. The number of carbonyl (C=O) groups excluding carboxylic acids is 1. The summed E-state index contributed by atoms with van der Waals surface area (Å²) in [6.07, 6.45) is -4.54. The highest BCUT2D eigenvalue weighted by molar-refractivity contribution is 6.06. The van der Waals surface area contributed by atoms with Gasteiger partial charge in [0.1, 0.15) is 18.1 Å². The van der Waals surface area contributed by atoms with Gasteiger partial charge in [0.15, 0.2) is 0 Å². The van der Waals surface area contributed by atoms with Crippen LogP contribution < -0.4 is 10.1 Å². The van der Waals surface area contributed by atoms with Crippen molar-refractivity contribution in [2.45, 2.75) is 6.18 Å². The molecule has 142 valence electrons. The van der Waals surface area contributed by atoms with Crippen LogP contribution in [0.1, 0.15) is 16.1 Å². The summed E-state index contributed by atoms with van der Waals surface area (Å²) in [7, 11) is 1.48. The van der Waals surface area contributed by atoms with Gasteiger partial charge in [0, 0.05) is 18.0 Å². The van der Waals surface area contributed by atoms with E-state index < -0.39 is 17.6 Å². The van der Waals surface area contributed by atoms with Gasteiger partial charge in [-0.2, -0.15) is 13.2 Å². The van der Waals surface area contributed by atoms with Crippen molar-refractivity contribution in [1.82, 2.24) is 4.98 Å². The van der Waals surface area contributed by atoms with E-state index >= 15 is 0 Å². The van der Waals surface area contributed by atoms with Gasteiger partial charge in [0.05, 0.1) is 17.9 Å². The predicted molar refractivity (Wildman–Crippen MR) is 95.1 cm³/mol. The normalized spacial score (nSPS) is 11.6. The molecule has 0 aliphatic rings. The maximum absolute atomic E-state index is 13.0. The van der Waals surface area contributed by atoms with Crippen LogP contribution in [0, 0.1) is 0 Å². The van der Waals surface area contributed by atoms with Crippen molar-refractivity contribution >= 4 is 22.5 Å². The maximum atomic E-state index is 13.0. The molecule has 8 heteroatoms. The second-order valence-corrected chi connectivity index (χ2v) is 5.77. The zero-order chi connectivity index (χ0) is 19.4. The van der Waals surface area contributed by atoms with E-state index in [1.165, 1.54) is 13.2 Å². The molecule has 0 atom stereocenters. The summed E-state index contributed by atoms with van der Waals surface area (Å²) in [4.78, 5) is 15.5. The summed E-state index contributed by atoms with van der Waals surface area (Å²) in [5.41, 5.74) is 0.0397. The van der Waals surface area contributed by atoms with E-state index in [1.54, 1.807) is 12.1 Å². The zero-order valence-electron chi connectivity index (χ0n) is 14.4. The quantitative estimate of drug-likeness (QED) is 0.623. The Morgan fingerprint density at radius 2 is 1.89 bits per heavy atom. The van der Waals surface area contributed by atoms with Crippen LogP contribution >= 0.6 is 0 Å². The Labute approximate surface area is 153 Å². The first-order valence-electron chi connectivity index (χ1n) is 8.10. The molecule has 0 radical (unpaired) electrons. The van der Waals surface area contributed by atoms with Gasteiger partial charge in [-0.3, -0.25) is 4.79 Å². The summed E-state index contributed by atoms with van der Waals surface area (Å²) in [5, 5.41) is 3.31. The van der Waals surface area contributed by atoms with Gasteiger partial charge in [0.25, 0.3) is 5.91 Å². The number of aromatic nitrogens is 1. The minimum atomic E-state index is -4.54. The molecule has 0 saturated heterocycles. The Morgan fingerprint density at radius 1 is 1.11 bits per heavy atom. The molecule has 0 unspecified atom stereocenters. The summed E-state index contributed by atoms with van der Waals surface area (Å²) in [5.74, 6) is -0.438. The largest absolute Gasteiger partial charge is 0.489 e. The fourth-order valence-corrected chi connectivity index (χ4v) is 2.55. The monoisotopic (exact) mass is 378 g/mol. The second kappa shape index (κ2) is 7.71. The van der Waals surface area contributed by atoms with Crippen molar-refractivity contribution in [2.24, 2.45) is 0 Å². The van der Waals surface area contributed by atoms with Crippen molar-refractivity contribution in [3.05, 3.63) is 59.8 Å². The number of ether oxygens (including phenoxy) is 2. The van der Waals surface area contributed by atoms with Crippen LogP contribution in [0.2, 0.25) is 0 Å². The number of alkyl halides is 3. The Hall–Kier alpha value is -3.00. The van der Waals surface area contributed by atoms with Gasteiger partial charge in [-0.05, 0) is 30.3 Å². The minimum absolute atomic E-state index is 0.0652. The van der Waals surface area contributed by atoms with E-state index in [2.05, 4.69) is 10.3 Å². The van der Waals surface area contributed by atoms with Gasteiger partial charge in [-0.25, -0.2) is 0 Å². The standard InChI is InChI=1S/C19H17F3N2O3/c1-26-8-9-27-17-7-6-13(19(20,21)22)11-15(17)24-18(25)16-10-12-4-2-3-5-14(12)23-16/h2-7,10-11,23H,8-9H2,1H3,(H,24,25). The third kappa shape index (κ3) is 4.40. The smallest absolute Gasteiger partial charge is 0.416 e. The average Bonchev–Trinajstić information content (AvgIpc) is 3.06. The van der Waals surface area contributed by atoms with Crippen LogP contribution in [0.3, 0.4) is 0 Å². The Morgan fingerprint density at radius 3 is 2.59 bits per heavy atom. The second-order valence-electron chi connectivity index (χ2n) is 5.77. The number of rotatable bonds is 6. The topological polar surface area (TPSA) is 63.4 Å². The summed E-state index contributed by atoms with van der Waals surface area (Å²) < 4.78 is 49.4. The summed E-state index contributed by atoms with van der Waals surface area (Å²) in [6.45, 7) is 0.396. The first-order chi connectivity index (χ1) is 12.9. The van der Waals surface area contributed by atoms with Crippen LogP contribution in [0.4, 0.5) is 18.9 Å². The van der Waals surface area contributed by atoms with Gasteiger partial charge in [-0.15, -0.1) is 0 Å². The number of para-hydroxylation sites is 1. The van der Waals surface area contributed by atoms with Crippen molar-refractivity contribution in [1.29, 1.82) is 0 Å². The molecule has 2 aromatic carbocycles. The SMILES string of the molecule is COCCOc1ccc(C(F)(F)F)cc1NC(=O)c1cc2ccccc2[nH]1. The first kappa shape index (κ1) is 18.8. The van der Waals surface area contributed by atoms with E-state index in [-0.39, 0.29) is 30.3 Å². The van der Waals surface area contributed by atoms with Crippen LogP contribution in [0.25, 0.3) is 10.9 Å². The van der Waals surface area contributed by atoms with Crippen LogP contribution in [0.15, 0.2) is 48.5 Å². The molecule has 1 heterocycles. The summed E-state index contributed by atoms with van der Waals surface area (Å²) >= 11 is 0. The summed E-state index contributed by atoms with van der Waals surface area (Å²) in [6, 6.07) is 11.8. The molecule has 0 aliphatic carbocycles. The molecular formula is C19H17F3N2O3. The Bertz CT molecular complexity index is 918. The van der Waals surface area contributed by atoms with Gasteiger partial charge < -0.3 is 19.8 Å². The third-order valence-corrected chi connectivity index (χ3v) is 3.87. The number of hydrogen-bond donors (Lipinski definition) is 2.